The standard InChI is InChI=1S/C9H19NO3S/c1-4-5-6-10-14(11,12)8-7-13-9(2)3/h4,9-10H,1,5-8H2,2-3H3. The fraction of sp³-hybridized carbons (Fsp3) is 0.778. The molecule has 0 aliphatic heterocycles. The molecule has 0 radical (unpaired) electrons. The lowest BCUT2D eigenvalue weighted by molar-refractivity contribution is 0.0911. The van der Waals surface area contributed by atoms with E-state index in [0.29, 0.717) is 13.0 Å². The highest BCUT2D eigenvalue weighted by Gasteiger charge is 2.08. The first-order valence-corrected chi connectivity index (χ1v) is 6.33. The fourth-order valence-corrected chi connectivity index (χ4v) is 1.67. The average Bonchev–Trinajstić information content (AvgIpc) is 2.03. The molecule has 0 fully saturated rings. The number of sulfonamides is 1. The number of ether oxygens (including phenoxy) is 1. The van der Waals surface area contributed by atoms with Gasteiger partial charge in [-0.05, 0) is 20.3 Å². The number of rotatable bonds is 8. The second-order valence-electron chi connectivity index (χ2n) is 3.21. The summed E-state index contributed by atoms with van der Waals surface area (Å²) in [6, 6.07) is 0. The molecule has 0 aromatic carbocycles. The van der Waals surface area contributed by atoms with Crippen molar-refractivity contribution in [2.75, 3.05) is 18.9 Å². The number of nitrogens with one attached hydrogen (secondary N) is 1. The molecule has 14 heavy (non-hydrogen) atoms. The summed E-state index contributed by atoms with van der Waals surface area (Å²) in [5.74, 6) is 0.0162. The highest BCUT2D eigenvalue weighted by molar-refractivity contribution is 7.89. The van der Waals surface area contributed by atoms with Gasteiger partial charge in [0.15, 0.2) is 0 Å². The molecule has 0 spiro atoms. The minimum absolute atomic E-state index is 0.0162. The molecule has 0 saturated carbocycles. The van der Waals surface area contributed by atoms with Crippen molar-refractivity contribution in [3.8, 4) is 0 Å². The van der Waals surface area contributed by atoms with Crippen molar-refractivity contribution < 1.29 is 13.2 Å². The van der Waals surface area contributed by atoms with Gasteiger partial charge in [0.05, 0.1) is 18.5 Å². The van der Waals surface area contributed by atoms with Crippen LogP contribution in [0.4, 0.5) is 0 Å². The maximum atomic E-state index is 11.3. The van der Waals surface area contributed by atoms with E-state index in [0.717, 1.165) is 0 Å². The third kappa shape index (κ3) is 8.22. The highest BCUT2D eigenvalue weighted by atomic mass is 32.2. The molecular weight excluding hydrogens is 202 g/mol. The normalized spacial score (nSPS) is 11.9. The molecule has 0 unspecified atom stereocenters. The Bertz CT molecular complexity index is 247. The SMILES string of the molecule is C=CCCNS(=O)(=O)CCOC(C)C. The minimum atomic E-state index is -3.17. The van der Waals surface area contributed by atoms with E-state index in [1.165, 1.54) is 0 Å². The summed E-state index contributed by atoms with van der Waals surface area (Å²) in [7, 11) is -3.17. The van der Waals surface area contributed by atoms with Crippen molar-refractivity contribution >= 4 is 10.0 Å². The van der Waals surface area contributed by atoms with Crippen LogP contribution in [0.1, 0.15) is 20.3 Å². The molecule has 1 N–H and O–H groups in total. The summed E-state index contributed by atoms with van der Waals surface area (Å²) in [6.45, 7) is 7.90. The minimum Gasteiger partial charge on any atom is -0.378 e. The fourth-order valence-electron chi connectivity index (χ4n) is 0.782. The lowest BCUT2D eigenvalue weighted by atomic mass is 10.4. The molecule has 0 heterocycles. The van der Waals surface area contributed by atoms with Crippen LogP contribution in [-0.2, 0) is 14.8 Å². The largest absolute Gasteiger partial charge is 0.378 e. The molecule has 0 aromatic rings. The molecule has 0 aliphatic carbocycles. The van der Waals surface area contributed by atoms with E-state index in [9.17, 15) is 8.42 Å². The third-order valence-corrected chi connectivity index (χ3v) is 2.82. The zero-order valence-corrected chi connectivity index (χ0v) is 9.64. The first-order chi connectivity index (χ1) is 6.48. The Morgan fingerprint density at radius 1 is 1.50 bits per heavy atom. The Morgan fingerprint density at radius 2 is 2.14 bits per heavy atom. The zero-order valence-electron chi connectivity index (χ0n) is 8.82. The predicted octanol–water partition coefficient (Wildman–Crippen LogP) is 0.907. The van der Waals surface area contributed by atoms with Gasteiger partial charge in [0, 0.05) is 6.54 Å². The highest BCUT2D eigenvalue weighted by Crippen LogP contribution is 1.91. The summed E-state index contributed by atoms with van der Waals surface area (Å²) in [5, 5.41) is 0. The van der Waals surface area contributed by atoms with E-state index in [2.05, 4.69) is 11.3 Å². The van der Waals surface area contributed by atoms with Crippen LogP contribution in [0.15, 0.2) is 12.7 Å². The van der Waals surface area contributed by atoms with Gasteiger partial charge in [-0.15, -0.1) is 6.58 Å². The predicted molar refractivity (Wildman–Crippen MR) is 57.7 cm³/mol. The molecule has 0 saturated heterocycles. The quantitative estimate of drug-likeness (QED) is 0.489. The van der Waals surface area contributed by atoms with Gasteiger partial charge in [-0.25, -0.2) is 13.1 Å². The molecule has 84 valence electrons. The first-order valence-electron chi connectivity index (χ1n) is 4.68. The van der Waals surface area contributed by atoms with Gasteiger partial charge in [-0.1, -0.05) is 6.08 Å². The summed E-state index contributed by atoms with van der Waals surface area (Å²) in [5.41, 5.74) is 0. The smallest absolute Gasteiger partial charge is 0.213 e. The topological polar surface area (TPSA) is 55.4 Å². The second-order valence-corrected chi connectivity index (χ2v) is 5.14. The molecule has 0 rings (SSSR count). The number of hydrogen-bond acceptors (Lipinski definition) is 3. The molecule has 0 atom stereocenters. The molecular formula is C9H19NO3S. The van der Waals surface area contributed by atoms with Crippen LogP contribution in [0.3, 0.4) is 0 Å². The van der Waals surface area contributed by atoms with Crippen molar-refractivity contribution in [2.24, 2.45) is 0 Å². The molecule has 5 heteroatoms. The van der Waals surface area contributed by atoms with Gasteiger partial charge in [-0.2, -0.15) is 0 Å². The van der Waals surface area contributed by atoms with Gasteiger partial charge in [0.25, 0.3) is 0 Å². The maximum absolute atomic E-state index is 11.3. The Balaban J connectivity index is 3.67. The van der Waals surface area contributed by atoms with E-state index < -0.39 is 10.0 Å². The van der Waals surface area contributed by atoms with Gasteiger partial charge >= 0.3 is 0 Å². The molecule has 0 amide bonds. The molecule has 0 bridgehead atoms. The summed E-state index contributed by atoms with van der Waals surface area (Å²) in [6.07, 6.45) is 2.38. The Labute approximate surface area is 86.4 Å². The third-order valence-electron chi connectivity index (χ3n) is 1.47. The van der Waals surface area contributed by atoms with Gasteiger partial charge in [0.1, 0.15) is 0 Å². The van der Waals surface area contributed by atoms with E-state index in [1.54, 1.807) is 6.08 Å². The van der Waals surface area contributed by atoms with Crippen molar-refractivity contribution in [1.29, 1.82) is 0 Å². The van der Waals surface area contributed by atoms with E-state index in [-0.39, 0.29) is 18.5 Å². The van der Waals surface area contributed by atoms with Crippen LogP contribution < -0.4 is 4.72 Å². The monoisotopic (exact) mass is 221 g/mol. The Kier molecular flexibility index (Phi) is 6.78. The molecule has 4 nitrogen and oxygen atoms in total. The van der Waals surface area contributed by atoms with Crippen molar-refractivity contribution in [3.05, 3.63) is 12.7 Å². The maximum Gasteiger partial charge on any atom is 0.213 e. The first kappa shape index (κ1) is 13.6. The van der Waals surface area contributed by atoms with Crippen LogP contribution in [-0.4, -0.2) is 33.4 Å². The lowest BCUT2D eigenvalue weighted by Gasteiger charge is -2.08. The Morgan fingerprint density at radius 3 is 2.64 bits per heavy atom. The molecule has 0 aromatic heterocycles. The summed E-state index contributed by atoms with van der Waals surface area (Å²) in [4.78, 5) is 0. The second kappa shape index (κ2) is 6.98. The summed E-state index contributed by atoms with van der Waals surface area (Å²) < 4.78 is 30.1. The van der Waals surface area contributed by atoms with E-state index in [1.807, 2.05) is 13.8 Å². The van der Waals surface area contributed by atoms with Crippen LogP contribution in [0.25, 0.3) is 0 Å². The molecule has 0 aliphatic rings. The van der Waals surface area contributed by atoms with Gasteiger partial charge < -0.3 is 4.74 Å². The van der Waals surface area contributed by atoms with Crippen molar-refractivity contribution in [3.63, 3.8) is 0 Å². The zero-order chi connectivity index (χ0) is 11.0. The van der Waals surface area contributed by atoms with Crippen molar-refractivity contribution in [1.82, 2.24) is 4.72 Å². The van der Waals surface area contributed by atoms with Crippen LogP contribution >= 0.6 is 0 Å². The van der Waals surface area contributed by atoms with Crippen molar-refractivity contribution in [2.45, 2.75) is 26.4 Å². The Hall–Kier alpha value is -0.390. The average molecular weight is 221 g/mol. The van der Waals surface area contributed by atoms with E-state index >= 15 is 0 Å². The van der Waals surface area contributed by atoms with Gasteiger partial charge in [0.2, 0.25) is 10.0 Å². The van der Waals surface area contributed by atoms with Gasteiger partial charge in [-0.3, -0.25) is 0 Å². The van der Waals surface area contributed by atoms with Crippen LogP contribution in [0.2, 0.25) is 0 Å². The van der Waals surface area contributed by atoms with Crippen LogP contribution in [0, 0.1) is 0 Å². The summed E-state index contributed by atoms with van der Waals surface area (Å²) >= 11 is 0. The van der Waals surface area contributed by atoms with E-state index in [4.69, 9.17) is 4.74 Å². The van der Waals surface area contributed by atoms with Crippen LogP contribution in [0.5, 0.6) is 0 Å². The lowest BCUT2D eigenvalue weighted by Crippen LogP contribution is -2.29. The number of hydrogen-bond donors (Lipinski definition) is 1.